The quantitative estimate of drug-likeness (QED) is 0.625. The fourth-order valence-electron chi connectivity index (χ4n) is 2.50. The smallest absolute Gasteiger partial charge is 0.232 e. The number of nitrogens with zero attached hydrogens (tertiary/aromatic N) is 1. The molecule has 0 aliphatic heterocycles. The summed E-state index contributed by atoms with van der Waals surface area (Å²) in [6.07, 6.45) is 1.46. The molecule has 0 aliphatic carbocycles. The van der Waals surface area contributed by atoms with Crippen LogP contribution < -0.4 is 4.90 Å². The summed E-state index contributed by atoms with van der Waals surface area (Å²) >= 11 is 0. The molecule has 140 valence electrons. The van der Waals surface area contributed by atoms with Crippen LogP contribution in [-0.2, 0) is 4.79 Å². The van der Waals surface area contributed by atoms with Crippen LogP contribution in [0.3, 0.4) is 0 Å². The molecule has 0 saturated heterocycles. The lowest BCUT2D eigenvalue weighted by atomic mass is 10.0. The van der Waals surface area contributed by atoms with Gasteiger partial charge in [-0.25, -0.2) is 0 Å². The van der Waals surface area contributed by atoms with Crippen molar-refractivity contribution in [1.29, 1.82) is 0 Å². The third-order valence-electron chi connectivity index (χ3n) is 4.01. The third kappa shape index (κ3) is 5.76. The average molecular weight is 354 g/mol. The van der Waals surface area contributed by atoms with E-state index in [1.54, 1.807) is 11.8 Å². The zero-order chi connectivity index (χ0) is 19.7. The van der Waals surface area contributed by atoms with Gasteiger partial charge in [-0.15, -0.1) is 0 Å². The molecule has 0 bridgehead atoms. The van der Waals surface area contributed by atoms with Gasteiger partial charge >= 0.3 is 0 Å². The van der Waals surface area contributed by atoms with Crippen LogP contribution >= 0.6 is 0 Å². The lowest BCUT2D eigenvalue weighted by molar-refractivity contribution is -0.118. The Kier molecular flexibility index (Phi) is 8.63. The van der Waals surface area contributed by atoms with E-state index >= 15 is 0 Å². The van der Waals surface area contributed by atoms with E-state index in [0.29, 0.717) is 0 Å². The van der Waals surface area contributed by atoms with Crippen molar-refractivity contribution in [2.24, 2.45) is 5.92 Å². The van der Waals surface area contributed by atoms with Crippen molar-refractivity contribution in [3.05, 3.63) is 72.0 Å². The highest BCUT2D eigenvalue weighted by Gasteiger charge is 2.23. The van der Waals surface area contributed by atoms with E-state index < -0.39 is 0 Å². The Labute approximate surface area is 158 Å². The fraction of sp³-hybridized carbons (Fsp3) is 0.348. The summed E-state index contributed by atoms with van der Waals surface area (Å²) < 4.78 is 0. The van der Waals surface area contributed by atoms with Gasteiger partial charge in [0, 0.05) is 12.3 Å². The number of para-hydroxylation sites is 2. The molecule has 0 unspecified atom stereocenters. The molecule has 0 fully saturated rings. The van der Waals surface area contributed by atoms with Gasteiger partial charge in [-0.3, -0.25) is 9.69 Å². The highest BCUT2D eigenvalue weighted by molar-refractivity contribution is 6.02. The fourth-order valence-corrected chi connectivity index (χ4v) is 2.50. The topological polar surface area (TPSA) is 40.5 Å². The summed E-state index contributed by atoms with van der Waals surface area (Å²) in [5.41, 5.74) is 3.78. The van der Waals surface area contributed by atoms with Crippen molar-refractivity contribution in [2.75, 3.05) is 4.90 Å². The number of amides is 1. The number of carbonyl (C=O) groups is 1. The van der Waals surface area contributed by atoms with Crippen LogP contribution in [0.1, 0.15) is 44.7 Å². The van der Waals surface area contributed by atoms with Crippen molar-refractivity contribution < 1.29 is 9.90 Å². The van der Waals surface area contributed by atoms with Crippen molar-refractivity contribution >= 4 is 17.3 Å². The molecule has 26 heavy (non-hydrogen) atoms. The molecule has 1 amide bonds. The predicted molar refractivity (Wildman–Crippen MR) is 111 cm³/mol. The lowest BCUT2D eigenvalue weighted by Gasteiger charge is -2.27. The molecule has 0 radical (unpaired) electrons. The Morgan fingerprint density at radius 1 is 1.00 bits per heavy atom. The molecule has 3 heteroatoms. The van der Waals surface area contributed by atoms with Gasteiger partial charge in [-0.05, 0) is 37.1 Å². The first-order valence-electron chi connectivity index (χ1n) is 9.15. The van der Waals surface area contributed by atoms with Gasteiger partial charge in [-0.2, -0.15) is 0 Å². The van der Waals surface area contributed by atoms with Gasteiger partial charge in [0.2, 0.25) is 5.91 Å². The van der Waals surface area contributed by atoms with Gasteiger partial charge < -0.3 is 5.11 Å². The SMILES string of the molecule is C=C(O)[C@H](C)CC(=O)N(c1ccccc1C)c1ccccc1C.CCC. The monoisotopic (exact) mass is 353 g/mol. The molecule has 0 aliphatic rings. The molecule has 0 spiro atoms. The summed E-state index contributed by atoms with van der Waals surface area (Å²) in [6.45, 7) is 13.6. The Balaban J connectivity index is 0.00000105. The van der Waals surface area contributed by atoms with Crippen LogP contribution in [-0.4, -0.2) is 11.0 Å². The maximum absolute atomic E-state index is 12.9. The van der Waals surface area contributed by atoms with Crippen LogP contribution in [0.4, 0.5) is 11.4 Å². The zero-order valence-electron chi connectivity index (χ0n) is 16.6. The van der Waals surface area contributed by atoms with Crippen molar-refractivity contribution in [3.8, 4) is 0 Å². The standard InChI is InChI=1S/C20H23NO2.C3H8/c1-14-9-5-7-11-18(14)21(19-12-8-6-10-15(19)2)20(23)13-16(3)17(4)22;1-3-2/h5-12,16,22H,4,13H2,1-3H3;3H2,1-2H3/t16-;/m1./s1. The number of rotatable bonds is 5. The molecule has 2 aromatic carbocycles. The van der Waals surface area contributed by atoms with Gasteiger partial charge in [0.1, 0.15) is 0 Å². The number of benzene rings is 2. The minimum atomic E-state index is -0.280. The van der Waals surface area contributed by atoms with Gasteiger partial charge in [0.25, 0.3) is 0 Å². The normalized spacial score (nSPS) is 11.1. The number of aliphatic hydroxyl groups excluding tert-OH is 1. The van der Waals surface area contributed by atoms with E-state index in [9.17, 15) is 9.90 Å². The first kappa shape index (κ1) is 21.5. The van der Waals surface area contributed by atoms with E-state index in [0.717, 1.165) is 22.5 Å². The second-order valence-electron chi connectivity index (χ2n) is 6.61. The van der Waals surface area contributed by atoms with E-state index in [1.807, 2.05) is 62.4 Å². The van der Waals surface area contributed by atoms with Gasteiger partial charge in [0.05, 0.1) is 17.1 Å². The largest absolute Gasteiger partial charge is 0.513 e. The zero-order valence-corrected chi connectivity index (χ0v) is 16.6. The van der Waals surface area contributed by atoms with E-state index in [4.69, 9.17) is 0 Å². The van der Waals surface area contributed by atoms with Crippen LogP contribution in [0.2, 0.25) is 0 Å². The van der Waals surface area contributed by atoms with Crippen molar-refractivity contribution in [1.82, 2.24) is 0 Å². The molecule has 2 rings (SSSR count). The summed E-state index contributed by atoms with van der Waals surface area (Å²) in [5.74, 6) is -0.304. The number of anilines is 2. The Hall–Kier alpha value is -2.55. The summed E-state index contributed by atoms with van der Waals surface area (Å²) in [4.78, 5) is 14.7. The van der Waals surface area contributed by atoms with Crippen LogP contribution in [0.15, 0.2) is 60.9 Å². The average Bonchev–Trinajstić information content (AvgIpc) is 2.59. The Bertz CT molecular complexity index is 691. The van der Waals surface area contributed by atoms with E-state index in [1.165, 1.54) is 6.42 Å². The number of allylic oxidation sites excluding steroid dienone is 1. The van der Waals surface area contributed by atoms with Crippen LogP contribution in [0, 0.1) is 19.8 Å². The second kappa shape index (κ2) is 10.4. The minimum absolute atomic E-state index is 0.0351. The number of carbonyl (C=O) groups excluding carboxylic acids is 1. The third-order valence-corrected chi connectivity index (χ3v) is 4.01. The van der Waals surface area contributed by atoms with Gasteiger partial charge in [-0.1, -0.05) is 70.2 Å². The first-order valence-corrected chi connectivity index (χ1v) is 9.15. The molecule has 1 atom stereocenters. The molecular weight excluding hydrogens is 322 g/mol. The maximum Gasteiger partial charge on any atom is 0.232 e. The Morgan fingerprint density at radius 3 is 1.73 bits per heavy atom. The molecule has 1 N–H and O–H groups in total. The Morgan fingerprint density at radius 2 is 1.38 bits per heavy atom. The highest BCUT2D eigenvalue weighted by Crippen LogP contribution is 2.32. The van der Waals surface area contributed by atoms with E-state index in [2.05, 4.69) is 20.4 Å². The molecule has 0 saturated carbocycles. The first-order chi connectivity index (χ1) is 12.3. The maximum atomic E-state index is 12.9. The summed E-state index contributed by atoms with van der Waals surface area (Å²) in [7, 11) is 0. The molecular formula is C23H31NO2. The molecule has 3 nitrogen and oxygen atoms in total. The minimum Gasteiger partial charge on any atom is -0.513 e. The molecule has 0 aromatic heterocycles. The number of aliphatic hydroxyl groups is 1. The van der Waals surface area contributed by atoms with Gasteiger partial charge in [0.15, 0.2) is 0 Å². The number of hydrogen-bond acceptors (Lipinski definition) is 2. The summed E-state index contributed by atoms with van der Waals surface area (Å²) in [5, 5.41) is 9.54. The van der Waals surface area contributed by atoms with E-state index in [-0.39, 0.29) is 24.0 Å². The number of hydrogen-bond donors (Lipinski definition) is 1. The highest BCUT2D eigenvalue weighted by atomic mass is 16.3. The van der Waals surface area contributed by atoms with Crippen LogP contribution in [0.25, 0.3) is 0 Å². The number of aryl methyl sites for hydroxylation is 2. The lowest BCUT2D eigenvalue weighted by Crippen LogP contribution is -2.29. The second-order valence-corrected chi connectivity index (χ2v) is 6.61. The predicted octanol–water partition coefficient (Wildman–Crippen LogP) is 6.48. The molecule has 2 aromatic rings. The van der Waals surface area contributed by atoms with Crippen LogP contribution in [0.5, 0.6) is 0 Å². The van der Waals surface area contributed by atoms with Crippen molar-refractivity contribution in [2.45, 2.75) is 47.5 Å². The summed E-state index contributed by atoms with van der Waals surface area (Å²) in [6, 6.07) is 15.6. The molecule has 0 heterocycles. The van der Waals surface area contributed by atoms with Crippen molar-refractivity contribution in [3.63, 3.8) is 0 Å².